The topological polar surface area (TPSA) is 34.1 Å². The quantitative estimate of drug-likeness (QED) is 0.548. The van der Waals surface area contributed by atoms with Gasteiger partial charge in [-0.15, -0.1) is 11.3 Å². The van der Waals surface area contributed by atoms with Crippen LogP contribution < -0.4 is 0 Å². The number of ketones is 2. The first-order chi connectivity index (χ1) is 7.16. The van der Waals surface area contributed by atoms with E-state index in [4.69, 9.17) is 0 Å². The maximum atomic E-state index is 11.9. The second-order valence-corrected chi connectivity index (χ2v) is 4.59. The van der Waals surface area contributed by atoms with Gasteiger partial charge in [-0.05, 0) is 24.8 Å². The molecule has 0 aliphatic rings. The highest BCUT2D eigenvalue weighted by Crippen LogP contribution is 2.19. The van der Waals surface area contributed by atoms with E-state index in [0.29, 0.717) is 11.3 Å². The van der Waals surface area contributed by atoms with E-state index in [9.17, 15) is 9.59 Å². The molecule has 0 aromatic carbocycles. The lowest BCUT2D eigenvalue weighted by Crippen LogP contribution is -2.21. The van der Waals surface area contributed by atoms with Gasteiger partial charge < -0.3 is 0 Å². The zero-order chi connectivity index (χ0) is 11.3. The summed E-state index contributed by atoms with van der Waals surface area (Å²) < 4.78 is 0. The number of Topliss-reactive ketones (excluding diaryl/α,β-unsaturated/α-hetero) is 2. The number of unbranched alkanes of at least 4 members (excludes halogenated alkanes) is 1. The van der Waals surface area contributed by atoms with Crippen molar-refractivity contribution in [3.05, 3.63) is 22.4 Å². The summed E-state index contributed by atoms with van der Waals surface area (Å²) in [5.74, 6) is -0.448. The molecule has 0 amide bonds. The molecule has 0 fully saturated rings. The Kier molecular flexibility index (Phi) is 4.69. The maximum Gasteiger partial charge on any atom is 0.183 e. The van der Waals surface area contributed by atoms with E-state index in [-0.39, 0.29) is 11.6 Å². The number of hydrogen-bond acceptors (Lipinski definition) is 3. The van der Waals surface area contributed by atoms with Gasteiger partial charge in [-0.1, -0.05) is 25.8 Å². The summed E-state index contributed by atoms with van der Waals surface area (Å²) in [4.78, 5) is 24.0. The lowest BCUT2D eigenvalue weighted by Gasteiger charge is -2.10. The first-order valence-electron chi connectivity index (χ1n) is 5.25. The van der Waals surface area contributed by atoms with Crippen molar-refractivity contribution in [3.8, 4) is 0 Å². The van der Waals surface area contributed by atoms with Crippen LogP contribution in [-0.4, -0.2) is 11.6 Å². The van der Waals surface area contributed by atoms with Crippen LogP contribution in [0.4, 0.5) is 0 Å². The molecule has 82 valence electrons. The zero-order valence-electron chi connectivity index (χ0n) is 9.16. The Morgan fingerprint density at radius 1 is 1.47 bits per heavy atom. The van der Waals surface area contributed by atoms with Gasteiger partial charge in [0.2, 0.25) is 0 Å². The van der Waals surface area contributed by atoms with Crippen LogP contribution in [0, 0.1) is 5.92 Å². The minimum Gasteiger partial charge on any atom is -0.299 e. The standard InChI is InChI=1S/C12H16O2S/c1-3-4-6-10(9(2)13)12(14)11-7-5-8-15-11/h5,7-8,10H,3-4,6H2,1-2H3. The van der Waals surface area contributed by atoms with Gasteiger partial charge in [0.05, 0.1) is 10.8 Å². The van der Waals surface area contributed by atoms with E-state index in [1.807, 2.05) is 11.4 Å². The molecule has 1 aromatic heterocycles. The average molecular weight is 224 g/mol. The highest BCUT2D eigenvalue weighted by atomic mass is 32.1. The predicted octanol–water partition coefficient (Wildman–Crippen LogP) is 3.33. The number of thiophene rings is 1. The minimum atomic E-state index is -0.427. The molecule has 0 spiro atoms. The molecule has 0 N–H and O–H groups in total. The molecule has 15 heavy (non-hydrogen) atoms. The zero-order valence-corrected chi connectivity index (χ0v) is 9.97. The van der Waals surface area contributed by atoms with Crippen LogP contribution in [0.1, 0.15) is 42.8 Å². The van der Waals surface area contributed by atoms with Crippen molar-refractivity contribution in [1.29, 1.82) is 0 Å². The van der Waals surface area contributed by atoms with E-state index >= 15 is 0 Å². The van der Waals surface area contributed by atoms with E-state index in [1.165, 1.54) is 18.3 Å². The Bertz CT molecular complexity index is 327. The van der Waals surface area contributed by atoms with Gasteiger partial charge in [0.1, 0.15) is 5.78 Å². The molecule has 1 heterocycles. The molecule has 0 saturated carbocycles. The number of rotatable bonds is 6. The molecule has 1 atom stereocenters. The normalized spacial score (nSPS) is 12.4. The lowest BCUT2D eigenvalue weighted by molar-refractivity contribution is -0.119. The fourth-order valence-corrected chi connectivity index (χ4v) is 2.24. The molecule has 0 saturated heterocycles. The first-order valence-corrected chi connectivity index (χ1v) is 6.13. The minimum absolute atomic E-state index is 0.00838. The Morgan fingerprint density at radius 3 is 2.67 bits per heavy atom. The largest absolute Gasteiger partial charge is 0.299 e. The van der Waals surface area contributed by atoms with Gasteiger partial charge in [0, 0.05) is 0 Å². The van der Waals surface area contributed by atoms with Gasteiger partial charge in [-0.3, -0.25) is 9.59 Å². The van der Waals surface area contributed by atoms with Crippen molar-refractivity contribution < 1.29 is 9.59 Å². The van der Waals surface area contributed by atoms with Gasteiger partial charge in [0.25, 0.3) is 0 Å². The molecule has 1 rings (SSSR count). The van der Waals surface area contributed by atoms with Crippen LogP contribution in [-0.2, 0) is 4.79 Å². The summed E-state index contributed by atoms with van der Waals surface area (Å²) in [6.07, 6.45) is 2.63. The van der Waals surface area contributed by atoms with Crippen LogP contribution in [0.15, 0.2) is 17.5 Å². The Morgan fingerprint density at radius 2 is 2.20 bits per heavy atom. The van der Waals surface area contributed by atoms with Crippen LogP contribution in [0.25, 0.3) is 0 Å². The molecule has 1 unspecified atom stereocenters. The van der Waals surface area contributed by atoms with Gasteiger partial charge in [-0.25, -0.2) is 0 Å². The van der Waals surface area contributed by atoms with Crippen molar-refractivity contribution in [2.75, 3.05) is 0 Å². The van der Waals surface area contributed by atoms with Crippen LogP contribution in [0.3, 0.4) is 0 Å². The summed E-state index contributed by atoms with van der Waals surface area (Å²) in [5, 5.41) is 1.87. The summed E-state index contributed by atoms with van der Waals surface area (Å²) >= 11 is 1.41. The third kappa shape index (κ3) is 3.27. The fourth-order valence-electron chi connectivity index (χ4n) is 1.52. The number of carbonyl (C=O) groups is 2. The van der Waals surface area contributed by atoms with Crippen LogP contribution in [0.2, 0.25) is 0 Å². The summed E-state index contributed by atoms with van der Waals surface area (Å²) in [7, 11) is 0. The number of hydrogen-bond donors (Lipinski definition) is 0. The predicted molar refractivity (Wildman–Crippen MR) is 62.3 cm³/mol. The van der Waals surface area contributed by atoms with Gasteiger partial charge >= 0.3 is 0 Å². The molecule has 0 aliphatic heterocycles. The fraction of sp³-hybridized carbons (Fsp3) is 0.500. The molecular weight excluding hydrogens is 208 g/mol. The molecular formula is C12H16O2S. The van der Waals surface area contributed by atoms with Crippen molar-refractivity contribution >= 4 is 22.9 Å². The second-order valence-electron chi connectivity index (χ2n) is 3.65. The highest BCUT2D eigenvalue weighted by molar-refractivity contribution is 7.12. The van der Waals surface area contributed by atoms with Gasteiger partial charge in [-0.2, -0.15) is 0 Å². The average Bonchev–Trinajstić information content (AvgIpc) is 2.70. The van der Waals surface area contributed by atoms with Crippen molar-refractivity contribution in [2.45, 2.75) is 33.1 Å². The number of carbonyl (C=O) groups excluding carboxylic acids is 2. The Hall–Kier alpha value is -0.960. The third-order valence-corrected chi connectivity index (χ3v) is 3.30. The van der Waals surface area contributed by atoms with Gasteiger partial charge in [0.15, 0.2) is 5.78 Å². The molecule has 0 bridgehead atoms. The SMILES string of the molecule is CCCCC(C(C)=O)C(=O)c1cccs1. The first kappa shape index (κ1) is 12.1. The van der Waals surface area contributed by atoms with Crippen molar-refractivity contribution in [1.82, 2.24) is 0 Å². The van der Waals surface area contributed by atoms with E-state index in [2.05, 4.69) is 6.92 Å². The Labute approximate surface area is 94.3 Å². The highest BCUT2D eigenvalue weighted by Gasteiger charge is 2.24. The van der Waals surface area contributed by atoms with E-state index in [0.717, 1.165) is 12.8 Å². The molecule has 0 radical (unpaired) electrons. The molecule has 0 aliphatic carbocycles. The second kappa shape index (κ2) is 5.81. The summed E-state index contributed by atoms with van der Waals surface area (Å²) in [5.41, 5.74) is 0. The molecule has 3 heteroatoms. The smallest absolute Gasteiger partial charge is 0.183 e. The Balaban J connectivity index is 2.72. The summed E-state index contributed by atoms with van der Waals surface area (Å²) in [6, 6.07) is 3.63. The van der Waals surface area contributed by atoms with E-state index in [1.54, 1.807) is 6.07 Å². The van der Waals surface area contributed by atoms with Crippen molar-refractivity contribution in [3.63, 3.8) is 0 Å². The maximum absolute atomic E-state index is 11.9. The molecule has 2 nitrogen and oxygen atoms in total. The molecule has 1 aromatic rings. The third-order valence-electron chi connectivity index (χ3n) is 2.42. The van der Waals surface area contributed by atoms with Crippen LogP contribution >= 0.6 is 11.3 Å². The van der Waals surface area contributed by atoms with Crippen molar-refractivity contribution in [2.24, 2.45) is 5.92 Å². The van der Waals surface area contributed by atoms with E-state index < -0.39 is 5.92 Å². The summed E-state index contributed by atoms with van der Waals surface area (Å²) in [6.45, 7) is 3.57. The van der Waals surface area contributed by atoms with Crippen LogP contribution in [0.5, 0.6) is 0 Å². The lowest BCUT2D eigenvalue weighted by atomic mass is 9.93. The monoisotopic (exact) mass is 224 g/mol.